The molecule has 29 heavy (non-hydrogen) atoms. The molecule has 0 bridgehead atoms. The van der Waals surface area contributed by atoms with Crippen LogP contribution in [0.25, 0.3) is 11.3 Å². The van der Waals surface area contributed by atoms with E-state index < -0.39 is 11.2 Å². The zero-order chi connectivity index (χ0) is 20.2. The van der Waals surface area contributed by atoms with Crippen LogP contribution < -0.4 is 10.1 Å². The van der Waals surface area contributed by atoms with Crippen molar-refractivity contribution in [2.75, 3.05) is 17.7 Å². The number of nitrogens with one attached hydrogen (secondary N) is 2. The summed E-state index contributed by atoms with van der Waals surface area (Å²) in [6.45, 7) is 2.51. The van der Waals surface area contributed by atoms with Crippen molar-refractivity contribution in [3.05, 3.63) is 59.8 Å². The summed E-state index contributed by atoms with van der Waals surface area (Å²) in [5, 5.41) is 3.35. The number of imidazole rings is 1. The van der Waals surface area contributed by atoms with E-state index in [0.29, 0.717) is 30.4 Å². The van der Waals surface area contributed by atoms with Gasteiger partial charge in [0.05, 0.1) is 12.3 Å². The maximum atomic E-state index is 12.5. The molecule has 1 amide bonds. The fourth-order valence-corrected chi connectivity index (χ4v) is 4.31. The van der Waals surface area contributed by atoms with Crippen molar-refractivity contribution >= 4 is 22.8 Å². The number of H-pyrrole nitrogens is 1. The summed E-state index contributed by atoms with van der Waals surface area (Å²) >= 11 is -1.20. The number of nitrogens with zero attached hydrogens (tertiary/aromatic N) is 1. The molecule has 0 saturated carbocycles. The van der Waals surface area contributed by atoms with Crippen molar-refractivity contribution in [2.45, 2.75) is 31.3 Å². The number of ether oxygens (including phenoxy) is 1. The first-order valence-corrected chi connectivity index (χ1v) is 11.0. The molecule has 3 aromatic rings. The molecule has 7 heteroatoms. The largest absolute Gasteiger partial charge is 0.609 e. The van der Waals surface area contributed by atoms with Gasteiger partial charge in [0.1, 0.15) is 11.5 Å². The van der Waals surface area contributed by atoms with Crippen molar-refractivity contribution in [2.24, 2.45) is 0 Å². The molecule has 2 aromatic carbocycles. The van der Waals surface area contributed by atoms with Gasteiger partial charge < -0.3 is 19.6 Å². The van der Waals surface area contributed by atoms with Crippen LogP contribution >= 0.6 is 0 Å². The Morgan fingerprint density at radius 3 is 2.93 bits per heavy atom. The van der Waals surface area contributed by atoms with Crippen LogP contribution in [-0.4, -0.2) is 32.8 Å². The number of hydrogen-bond donors (Lipinski definition) is 2. The average molecular weight is 410 g/mol. The lowest BCUT2D eigenvalue weighted by atomic mass is 10.0. The molecule has 0 unspecified atom stereocenters. The summed E-state index contributed by atoms with van der Waals surface area (Å²) in [5.74, 6) is 1.30. The number of aryl methyl sites for hydroxylation is 2. The number of hydrogen-bond acceptors (Lipinski definition) is 4. The minimum atomic E-state index is -1.20. The summed E-state index contributed by atoms with van der Waals surface area (Å²) < 4.78 is 18.3. The Morgan fingerprint density at radius 1 is 1.21 bits per heavy atom. The third kappa shape index (κ3) is 4.63. The van der Waals surface area contributed by atoms with Crippen molar-refractivity contribution in [3.8, 4) is 17.0 Å². The molecule has 0 radical (unpaired) electrons. The predicted molar refractivity (Wildman–Crippen MR) is 114 cm³/mol. The molecule has 6 nitrogen and oxygen atoms in total. The Kier molecular flexibility index (Phi) is 5.87. The van der Waals surface area contributed by atoms with Crippen LogP contribution in [0.4, 0.5) is 5.69 Å². The molecule has 1 atom stereocenters. The molecule has 4 rings (SSSR count). The maximum absolute atomic E-state index is 12.5. The molecule has 150 valence electrons. The maximum Gasteiger partial charge on any atom is 0.321 e. The van der Waals surface area contributed by atoms with E-state index >= 15 is 0 Å². The minimum Gasteiger partial charge on any atom is -0.609 e. The molecular weight excluding hydrogens is 386 g/mol. The number of rotatable bonds is 7. The lowest BCUT2D eigenvalue weighted by molar-refractivity contribution is -0.116. The zero-order valence-electron chi connectivity index (χ0n) is 16.2. The zero-order valence-corrected chi connectivity index (χ0v) is 17.1. The first kappa shape index (κ1) is 19.5. The second kappa shape index (κ2) is 8.71. The fraction of sp³-hybridized carbons (Fsp3) is 0.273. The number of anilines is 1. The van der Waals surface area contributed by atoms with Gasteiger partial charge in [-0.1, -0.05) is 24.3 Å². The third-order valence-electron chi connectivity index (χ3n) is 4.91. The molecule has 0 spiro atoms. The van der Waals surface area contributed by atoms with Gasteiger partial charge in [0.25, 0.3) is 0 Å². The Balaban J connectivity index is 1.28. The molecule has 2 N–H and O–H groups in total. The lowest BCUT2D eigenvalue weighted by Crippen LogP contribution is -2.18. The molecule has 0 fully saturated rings. The van der Waals surface area contributed by atoms with Crippen LogP contribution in [0.3, 0.4) is 0 Å². The Bertz CT molecular complexity index is 1020. The topological polar surface area (TPSA) is 90.1 Å². The Labute approximate surface area is 172 Å². The highest BCUT2D eigenvalue weighted by Gasteiger charge is 2.18. The van der Waals surface area contributed by atoms with Crippen molar-refractivity contribution < 1.29 is 14.1 Å². The van der Waals surface area contributed by atoms with Crippen LogP contribution in [0.15, 0.2) is 53.8 Å². The molecule has 1 aromatic heterocycles. The molecule has 0 saturated heterocycles. The van der Waals surface area contributed by atoms with Gasteiger partial charge in [-0.15, -0.1) is 0 Å². The highest BCUT2D eigenvalue weighted by molar-refractivity contribution is 7.91. The second-order valence-corrected chi connectivity index (χ2v) is 8.51. The van der Waals surface area contributed by atoms with Gasteiger partial charge in [-0.2, -0.15) is 4.98 Å². The Hall–Kier alpha value is -2.77. The quantitative estimate of drug-likeness (QED) is 0.458. The minimum absolute atomic E-state index is 0.0529. The van der Waals surface area contributed by atoms with Gasteiger partial charge in [0, 0.05) is 41.5 Å². The highest BCUT2D eigenvalue weighted by atomic mass is 32.2. The van der Waals surface area contributed by atoms with Crippen LogP contribution in [0.2, 0.25) is 0 Å². The van der Waals surface area contributed by atoms with E-state index in [1.807, 2.05) is 49.4 Å². The fourth-order valence-electron chi connectivity index (χ4n) is 3.35. The van der Waals surface area contributed by atoms with Gasteiger partial charge in [0.15, 0.2) is 0 Å². The summed E-state index contributed by atoms with van der Waals surface area (Å²) in [6.07, 6.45) is 3.69. The number of benzene rings is 2. The monoisotopic (exact) mass is 409 g/mol. The van der Waals surface area contributed by atoms with Crippen LogP contribution in [-0.2, 0) is 22.4 Å². The first-order chi connectivity index (χ1) is 14.1. The van der Waals surface area contributed by atoms with Gasteiger partial charge in [0.2, 0.25) is 5.91 Å². The second-order valence-electron chi connectivity index (χ2n) is 7.02. The van der Waals surface area contributed by atoms with Gasteiger partial charge in [-0.05, 0) is 42.7 Å². The number of carbonyl (C=O) groups is 1. The molecular formula is C22H23N3O3S. The smallest absolute Gasteiger partial charge is 0.321 e. The third-order valence-corrected chi connectivity index (χ3v) is 6.21. The summed E-state index contributed by atoms with van der Waals surface area (Å²) in [7, 11) is 0. The van der Waals surface area contributed by atoms with E-state index in [-0.39, 0.29) is 5.91 Å². The molecule has 1 aliphatic rings. The van der Waals surface area contributed by atoms with E-state index in [0.717, 1.165) is 40.2 Å². The summed E-state index contributed by atoms with van der Waals surface area (Å²) in [5.41, 5.74) is 4.93. The van der Waals surface area contributed by atoms with E-state index in [4.69, 9.17) is 4.74 Å². The normalized spacial score (nSPS) is 14.2. The van der Waals surface area contributed by atoms with Crippen molar-refractivity contribution in [1.29, 1.82) is 0 Å². The number of amides is 1. The van der Waals surface area contributed by atoms with Crippen LogP contribution in [0.5, 0.6) is 5.75 Å². The van der Waals surface area contributed by atoms with Gasteiger partial charge >= 0.3 is 5.16 Å². The number of aromatic amines is 1. The Morgan fingerprint density at radius 2 is 2.07 bits per heavy atom. The van der Waals surface area contributed by atoms with Crippen molar-refractivity contribution in [1.82, 2.24) is 9.97 Å². The highest BCUT2D eigenvalue weighted by Crippen LogP contribution is 2.27. The average Bonchev–Trinajstić information content (AvgIpc) is 3.21. The van der Waals surface area contributed by atoms with Crippen LogP contribution in [0, 0.1) is 6.92 Å². The van der Waals surface area contributed by atoms with E-state index in [1.54, 1.807) is 6.20 Å². The molecule has 0 aliphatic carbocycles. The van der Waals surface area contributed by atoms with Crippen molar-refractivity contribution in [3.63, 3.8) is 0 Å². The summed E-state index contributed by atoms with van der Waals surface area (Å²) in [6, 6.07) is 13.7. The first-order valence-electron chi connectivity index (χ1n) is 9.65. The number of carbonyl (C=O) groups excluding carboxylic acids is 1. The van der Waals surface area contributed by atoms with E-state index in [1.165, 1.54) is 0 Å². The van der Waals surface area contributed by atoms with Gasteiger partial charge in [-0.25, -0.2) is 0 Å². The summed E-state index contributed by atoms with van der Waals surface area (Å²) in [4.78, 5) is 19.0. The standard InChI is InChI=1S/C22H23N3O3S/c1-15-5-2-3-6-18(15)20-14-23-22(25-20)29(27)12-4-11-28-17-8-9-19-16(13-17)7-10-21(26)24-19/h2-3,5-6,8-9,13-14H,4,7,10-12H2,1H3,(H,23,25)(H,24,26)/t29-/m1/s1. The van der Waals surface area contributed by atoms with E-state index in [9.17, 15) is 9.35 Å². The lowest BCUT2D eigenvalue weighted by Gasteiger charge is -2.17. The predicted octanol–water partition coefficient (Wildman–Crippen LogP) is 3.85. The number of fused-ring (bicyclic) bond motifs is 1. The van der Waals surface area contributed by atoms with Crippen LogP contribution in [0.1, 0.15) is 24.0 Å². The van der Waals surface area contributed by atoms with E-state index in [2.05, 4.69) is 15.3 Å². The van der Waals surface area contributed by atoms with Gasteiger partial charge in [-0.3, -0.25) is 4.79 Å². The SMILES string of the molecule is Cc1ccccc1-c1c[nH]c([S@+]([O-])CCCOc2ccc3c(c2)CCC(=O)N3)n1. The molecule has 1 aliphatic heterocycles. The number of aromatic nitrogens is 2. The molecule has 2 heterocycles.